The topological polar surface area (TPSA) is 51.5 Å². The van der Waals surface area contributed by atoms with Gasteiger partial charge in [0, 0.05) is 12.0 Å². The van der Waals surface area contributed by atoms with Crippen molar-refractivity contribution < 1.29 is 4.74 Å². The summed E-state index contributed by atoms with van der Waals surface area (Å²) in [6.45, 7) is 14.2. The molecule has 20 heavy (non-hydrogen) atoms. The third-order valence-electron chi connectivity index (χ3n) is 2.68. The highest BCUT2D eigenvalue weighted by Gasteiger charge is 2.19. The van der Waals surface area contributed by atoms with Crippen molar-refractivity contribution in [2.75, 3.05) is 25.1 Å². The van der Waals surface area contributed by atoms with Gasteiger partial charge in [-0.3, -0.25) is 0 Å². The molecule has 2 rings (SSSR count). The maximum atomic E-state index is 5.43. The first-order chi connectivity index (χ1) is 9.36. The van der Waals surface area contributed by atoms with Crippen LogP contribution in [0.25, 0.3) is 4.96 Å². The van der Waals surface area contributed by atoms with E-state index >= 15 is 0 Å². The first-order valence-electron chi connectivity index (χ1n) is 6.69. The molecule has 0 atom stereocenters. The Morgan fingerprint density at radius 1 is 1.50 bits per heavy atom. The quantitative estimate of drug-likeness (QED) is 0.657. The van der Waals surface area contributed by atoms with Gasteiger partial charge in [0.2, 0.25) is 10.1 Å². The zero-order valence-electron chi connectivity index (χ0n) is 12.6. The van der Waals surface area contributed by atoms with Gasteiger partial charge in [-0.2, -0.15) is 0 Å². The zero-order valence-corrected chi connectivity index (χ0v) is 13.4. The van der Waals surface area contributed by atoms with Gasteiger partial charge in [-0.25, -0.2) is 9.50 Å². The van der Waals surface area contributed by atoms with Gasteiger partial charge in [-0.05, 0) is 6.92 Å². The van der Waals surface area contributed by atoms with E-state index in [1.165, 1.54) is 0 Å². The standard InChI is InChI=1S/C14H22N4OS/c1-10(2)9-19-7-6-15-12-17-18-8-11(14(3,4)5)16-13(18)20-12/h8H,1,6-7,9H2,2-5H3,(H,15,17). The van der Waals surface area contributed by atoms with Crippen LogP contribution >= 0.6 is 11.3 Å². The second-order valence-corrected chi connectivity index (χ2v) is 6.90. The fourth-order valence-corrected chi connectivity index (χ4v) is 2.42. The molecule has 110 valence electrons. The maximum Gasteiger partial charge on any atom is 0.214 e. The van der Waals surface area contributed by atoms with Gasteiger partial charge in [-0.15, -0.1) is 5.10 Å². The Balaban J connectivity index is 1.89. The minimum absolute atomic E-state index is 0.0530. The maximum absolute atomic E-state index is 5.43. The summed E-state index contributed by atoms with van der Waals surface area (Å²) in [5.74, 6) is 0. The number of hydrogen-bond donors (Lipinski definition) is 1. The molecule has 0 aromatic carbocycles. The number of rotatable bonds is 6. The van der Waals surface area contributed by atoms with E-state index in [1.54, 1.807) is 11.3 Å². The Morgan fingerprint density at radius 2 is 2.25 bits per heavy atom. The Kier molecular flexibility index (Phi) is 4.45. The average molecular weight is 294 g/mol. The highest BCUT2D eigenvalue weighted by molar-refractivity contribution is 7.20. The number of nitrogens with one attached hydrogen (secondary N) is 1. The lowest BCUT2D eigenvalue weighted by molar-refractivity contribution is 0.167. The largest absolute Gasteiger partial charge is 0.375 e. The predicted octanol–water partition coefficient (Wildman–Crippen LogP) is 3.09. The van der Waals surface area contributed by atoms with Crippen molar-refractivity contribution in [1.82, 2.24) is 14.6 Å². The normalized spacial score (nSPS) is 12.0. The number of hydrogen-bond acceptors (Lipinski definition) is 5. The molecule has 2 aromatic heterocycles. The molecule has 0 unspecified atom stereocenters. The molecule has 0 radical (unpaired) electrons. The van der Waals surface area contributed by atoms with Crippen molar-refractivity contribution in [2.45, 2.75) is 33.1 Å². The highest BCUT2D eigenvalue weighted by Crippen LogP contribution is 2.25. The molecule has 6 heteroatoms. The predicted molar refractivity (Wildman–Crippen MR) is 83.7 cm³/mol. The van der Waals surface area contributed by atoms with Gasteiger partial charge < -0.3 is 10.1 Å². The molecule has 0 fully saturated rings. The summed E-state index contributed by atoms with van der Waals surface area (Å²) >= 11 is 1.56. The summed E-state index contributed by atoms with van der Waals surface area (Å²) in [6.07, 6.45) is 1.99. The van der Waals surface area contributed by atoms with E-state index in [0.29, 0.717) is 13.2 Å². The number of anilines is 1. The van der Waals surface area contributed by atoms with Crippen LogP contribution in [0.15, 0.2) is 18.3 Å². The fraction of sp³-hybridized carbons (Fsp3) is 0.571. The first-order valence-corrected chi connectivity index (χ1v) is 7.50. The lowest BCUT2D eigenvalue weighted by Gasteiger charge is -2.13. The molecule has 2 heterocycles. The van der Waals surface area contributed by atoms with E-state index in [4.69, 9.17) is 4.74 Å². The van der Waals surface area contributed by atoms with Crippen molar-refractivity contribution in [2.24, 2.45) is 0 Å². The molecule has 1 N–H and O–H groups in total. The van der Waals surface area contributed by atoms with Gasteiger partial charge in [-0.1, -0.05) is 44.3 Å². The SMILES string of the molecule is C=C(C)COCCNc1nn2cc(C(C)(C)C)nc2s1. The molecular weight excluding hydrogens is 272 g/mol. The van der Waals surface area contributed by atoms with Crippen LogP contribution in [-0.4, -0.2) is 34.4 Å². The monoisotopic (exact) mass is 294 g/mol. The molecule has 0 aliphatic rings. The van der Waals surface area contributed by atoms with Gasteiger partial charge in [0.15, 0.2) is 0 Å². The number of fused-ring (bicyclic) bond motifs is 1. The van der Waals surface area contributed by atoms with E-state index in [2.05, 4.69) is 42.7 Å². The zero-order chi connectivity index (χ0) is 14.8. The van der Waals surface area contributed by atoms with E-state index in [9.17, 15) is 0 Å². The summed E-state index contributed by atoms with van der Waals surface area (Å²) in [6, 6.07) is 0. The lowest BCUT2D eigenvalue weighted by Crippen LogP contribution is -2.11. The molecule has 0 bridgehead atoms. The molecule has 0 saturated carbocycles. The van der Waals surface area contributed by atoms with Crippen LogP contribution in [0.5, 0.6) is 0 Å². The summed E-state index contributed by atoms with van der Waals surface area (Å²) in [4.78, 5) is 5.53. The van der Waals surface area contributed by atoms with Crippen LogP contribution in [0.2, 0.25) is 0 Å². The van der Waals surface area contributed by atoms with E-state index in [1.807, 2.05) is 17.6 Å². The molecule has 0 aliphatic carbocycles. The minimum atomic E-state index is 0.0530. The van der Waals surface area contributed by atoms with Crippen LogP contribution in [0, 0.1) is 0 Å². The molecular formula is C14H22N4OS. The number of imidazole rings is 1. The second kappa shape index (κ2) is 5.93. The summed E-state index contributed by atoms with van der Waals surface area (Å²) < 4.78 is 7.26. The fourth-order valence-electron chi connectivity index (χ4n) is 1.61. The summed E-state index contributed by atoms with van der Waals surface area (Å²) in [5, 5.41) is 8.58. The lowest BCUT2D eigenvalue weighted by atomic mass is 9.93. The minimum Gasteiger partial charge on any atom is -0.375 e. The highest BCUT2D eigenvalue weighted by atomic mass is 32.1. The molecule has 0 saturated heterocycles. The average Bonchev–Trinajstić information content (AvgIpc) is 2.84. The van der Waals surface area contributed by atoms with Crippen molar-refractivity contribution in [3.8, 4) is 0 Å². The molecule has 5 nitrogen and oxygen atoms in total. The summed E-state index contributed by atoms with van der Waals surface area (Å²) in [5.41, 5.74) is 2.15. The van der Waals surface area contributed by atoms with Crippen LogP contribution in [-0.2, 0) is 10.2 Å². The van der Waals surface area contributed by atoms with Gasteiger partial charge in [0.05, 0.1) is 25.1 Å². The van der Waals surface area contributed by atoms with Crippen molar-refractivity contribution in [3.63, 3.8) is 0 Å². The van der Waals surface area contributed by atoms with Crippen molar-refractivity contribution in [1.29, 1.82) is 0 Å². The van der Waals surface area contributed by atoms with E-state index in [-0.39, 0.29) is 5.41 Å². The Morgan fingerprint density at radius 3 is 2.85 bits per heavy atom. The van der Waals surface area contributed by atoms with Crippen LogP contribution in [0.3, 0.4) is 0 Å². The molecule has 0 spiro atoms. The van der Waals surface area contributed by atoms with Gasteiger partial charge in [0.25, 0.3) is 0 Å². The van der Waals surface area contributed by atoms with Crippen molar-refractivity contribution >= 4 is 21.4 Å². The molecule has 2 aromatic rings. The van der Waals surface area contributed by atoms with Crippen LogP contribution in [0.1, 0.15) is 33.4 Å². The summed E-state index contributed by atoms with van der Waals surface area (Å²) in [7, 11) is 0. The van der Waals surface area contributed by atoms with Crippen LogP contribution < -0.4 is 5.32 Å². The van der Waals surface area contributed by atoms with E-state index in [0.717, 1.165) is 27.9 Å². The van der Waals surface area contributed by atoms with Crippen molar-refractivity contribution in [3.05, 3.63) is 24.0 Å². The molecule has 0 aliphatic heterocycles. The number of aromatic nitrogens is 3. The first kappa shape index (κ1) is 15.0. The Labute approximate surface area is 123 Å². The van der Waals surface area contributed by atoms with Crippen LogP contribution in [0.4, 0.5) is 5.13 Å². The Bertz CT molecular complexity index is 562. The third-order valence-corrected chi connectivity index (χ3v) is 3.56. The Hall–Kier alpha value is -1.40. The molecule has 0 amide bonds. The number of ether oxygens (including phenoxy) is 1. The second-order valence-electron chi connectivity index (χ2n) is 5.95. The smallest absolute Gasteiger partial charge is 0.214 e. The third kappa shape index (κ3) is 3.80. The number of nitrogens with zero attached hydrogens (tertiary/aromatic N) is 3. The van der Waals surface area contributed by atoms with Gasteiger partial charge >= 0.3 is 0 Å². The van der Waals surface area contributed by atoms with Gasteiger partial charge in [0.1, 0.15) is 0 Å². The van der Waals surface area contributed by atoms with E-state index < -0.39 is 0 Å².